The van der Waals surface area contributed by atoms with Crippen LogP contribution in [-0.2, 0) is 0 Å². The van der Waals surface area contributed by atoms with Crippen LogP contribution in [0.2, 0.25) is 0 Å². The van der Waals surface area contributed by atoms with Crippen molar-refractivity contribution in [3.8, 4) is 5.82 Å². The topological polar surface area (TPSA) is 76.5 Å². The minimum Gasteiger partial charge on any atom is -0.344 e. The number of H-pyrrole nitrogens is 1. The summed E-state index contributed by atoms with van der Waals surface area (Å²) in [6.07, 6.45) is 6.75. The molecule has 0 radical (unpaired) electrons. The van der Waals surface area contributed by atoms with Gasteiger partial charge in [0.05, 0.1) is 11.8 Å². The molecular weight excluding hydrogens is 254 g/mol. The summed E-state index contributed by atoms with van der Waals surface area (Å²) in [5.41, 5.74) is 1.29. The maximum atomic E-state index is 12.4. The molecule has 3 aromatic rings. The van der Waals surface area contributed by atoms with Crippen molar-refractivity contribution in [2.75, 3.05) is 0 Å². The predicted molar refractivity (Wildman–Crippen MR) is 74.8 cm³/mol. The number of ketones is 1. The van der Waals surface area contributed by atoms with E-state index in [1.54, 1.807) is 29.5 Å². The van der Waals surface area contributed by atoms with Gasteiger partial charge in [-0.25, -0.2) is 14.6 Å². The number of rotatable bonds is 2. The molecule has 0 saturated carbocycles. The number of nitrogens with zero attached hydrogens (tertiary/aromatic N) is 4. The molecule has 3 heterocycles. The van der Waals surface area contributed by atoms with Gasteiger partial charge in [0.1, 0.15) is 5.52 Å². The van der Waals surface area contributed by atoms with Gasteiger partial charge in [-0.1, -0.05) is 20.8 Å². The molecule has 0 bridgehead atoms. The van der Waals surface area contributed by atoms with Crippen molar-refractivity contribution in [1.82, 2.24) is 24.7 Å². The van der Waals surface area contributed by atoms with Gasteiger partial charge in [-0.2, -0.15) is 5.10 Å². The molecule has 0 fully saturated rings. The Morgan fingerprint density at radius 2 is 2.15 bits per heavy atom. The van der Waals surface area contributed by atoms with Crippen LogP contribution in [0.5, 0.6) is 0 Å². The normalized spacial score (nSPS) is 11.9. The third kappa shape index (κ3) is 1.99. The zero-order chi connectivity index (χ0) is 14.3. The van der Waals surface area contributed by atoms with Crippen LogP contribution in [0.15, 0.2) is 30.9 Å². The Kier molecular flexibility index (Phi) is 2.67. The maximum Gasteiger partial charge on any atom is 0.172 e. The number of carbonyl (C=O) groups is 1. The van der Waals surface area contributed by atoms with E-state index >= 15 is 0 Å². The summed E-state index contributed by atoms with van der Waals surface area (Å²) in [6.45, 7) is 5.66. The number of Topliss-reactive ketones (excluding diaryl/α,β-unsaturated/α-hetero) is 1. The Morgan fingerprint density at radius 3 is 2.80 bits per heavy atom. The fourth-order valence-corrected chi connectivity index (χ4v) is 1.97. The van der Waals surface area contributed by atoms with Crippen molar-refractivity contribution >= 4 is 16.9 Å². The van der Waals surface area contributed by atoms with Crippen molar-refractivity contribution in [2.45, 2.75) is 20.8 Å². The van der Waals surface area contributed by atoms with Gasteiger partial charge in [0.25, 0.3) is 0 Å². The average molecular weight is 269 g/mol. The summed E-state index contributed by atoms with van der Waals surface area (Å²) in [4.78, 5) is 24.2. The molecule has 102 valence electrons. The van der Waals surface area contributed by atoms with Crippen molar-refractivity contribution in [1.29, 1.82) is 0 Å². The largest absolute Gasteiger partial charge is 0.344 e. The highest BCUT2D eigenvalue weighted by Gasteiger charge is 2.26. The first-order valence-corrected chi connectivity index (χ1v) is 6.36. The fraction of sp³-hybridized carbons (Fsp3) is 0.286. The Labute approximate surface area is 115 Å². The lowest BCUT2D eigenvalue weighted by atomic mass is 9.87. The second-order valence-electron chi connectivity index (χ2n) is 5.66. The van der Waals surface area contributed by atoms with E-state index in [0.717, 1.165) is 0 Å². The molecule has 0 aliphatic carbocycles. The summed E-state index contributed by atoms with van der Waals surface area (Å²) >= 11 is 0. The van der Waals surface area contributed by atoms with Crippen molar-refractivity contribution in [3.05, 3.63) is 36.4 Å². The molecule has 0 aliphatic rings. The second kappa shape index (κ2) is 4.26. The van der Waals surface area contributed by atoms with Gasteiger partial charge in [-0.05, 0) is 6.07 Å². The molecule has 0 amide bonds. The quantitative estimate of drug-likeness (QED) is 0.724. The third-order valence-corrected chi connectivity index (χ3v) is 3.03. The summed E-state index contributed by atoms with van der Waals surface area (Å²) in [5, 5.41) is 4.12. The summed E-state index contributed by atoms with van der Waals surface area (Å²) in [6, 6.07) is 1.81. The van der Waals surface area contributed by atoms with E-state index in [2.05, 4.69) is 20.1 Å². The molecule has 0 spiro atoms. The van der Waals surface area contributed by atoms with Crippen LogP contribution in [0.25, 0.3) is 17.0 Å². The SMILES string of the molecule is CC(C)(C)C(=O)c1c[nH]c2ncc(-n3cccn3)nc12. The Morgan fingerprint density at radius 1 is 1.35 bits per heavy atom. The Balaban J connectivity index is 2.16. The lowest BCUT2D eigenvalue weighted by molar-refractivity contribution is 0.0860. The van der Waals surface area contributed by atoms with Crippen LogP contribution in [0.3, 0.4) is 0 Å². The molecule has 20 heavy (non-hydrogen) atoms. The first-order valence-electron chi connectivity index (χ1n) is 6.36. The molecule has 6 nitrogen and oxygen atoms in total. The van der Waals surface area contributed by atoms with E-state index in [0.29, 0.717) is 22.5 Å². The van der Waals surface area contributed by atoms with Crippen LogP contribution < -0.4 is 0 Å². The van der Waals surface area contributed by atoms with Gasteiger partial charge in [-0.3, -0.25) is 4.79 Å². The van der Waals surface area contributed by atoms with E-state index < -0.39 is 5.41 Å². The van der Waals surface area contributed by atoms with E-state index in [1.807, 2.05) is 26.8 Å². The van der Waals surface area contributed by atoms with E-state index in [-0.39, 0.29) is 5.78 Å². The molecule has 6 heteroatoms. The zero-order valence-electron chi connectivity index (χ0n) is 11.6. The lowest BCUT2D eigenvalue weighted by Crippen LogP contribution is -2.20. The average Bonchev–Trinajstić information content (AvgIpc) is 3.05. The number of hydrogen-bond acceptors (Lipinski definition) is 4. The molecule has 3 aromatic heterocycles. The maximum absolute atomic E-state index is 12.4. The molecule has 0 aromatic carbocycles. The van der Waals surface area contributed by atoms with Crippen LogP contribution in [0.1, 0.15) is 31.1 Å². The summed E-state index contributed by atoms with van der Waals surface area (Å²) < 4.78 is 1.62. The molecule has 0 unspecified atom stereocenters. The monoisotopic (exact) mass is 269 g/mol. The summed E-state index contributed by atoms with van der Waals surface area (Å²) in [5.74, 6) is 0.626. The van der Waals surface area contributed by atoms with Gasteiger partial charge in [0.2, 0.25) is 0 Å². The Bertz CT molecular complexity index is 765. The van der Waals surface area contributed by atoms with E-state index in [9.17, 15) is 4.79 Å². The number of nitrogens with one attached hydrogen (secondary N) is 1. The molecule has 0 saturated heterocycles. The Hall–Kier alpha value is -2.50. The highest BCUT2D eigenvalue weighted by Crippen LogP contribution is 2.25. The van der Waals surface area contributed by atoms with Crippen LogP contribution in [0, 0.1) is 5.41 Å². The van der Waals surface area contributed by atoms with E-state index in [4.69, 9.17) is 0 Å². The van der Waals surface area contributed by atoms with Crippen LogP contribution in [-0.4, -0.2) is 30.5 Å². The van der Waals surface area contributed by atoms with Gasteiger partial charge in [-0.15, -0.1) is 0 Å². The number of carbonyl (C=O) groups excluding carboxylic acids is 1. The first kappa shape index (κ1) is 12.5. The zero-order valence-corrected chi connectivity index (χ0v) is 11.6. The van der Waals surface area contributed by atoms with Gasteiger partial charge in [0.15, 0.2) is 17.2 Å². The number of fused-ring (bicyclic) bond motifs is 1. The fourth-order valence-electron chi connectivity index (χ4n) is 1.97. The molecule has 3 rings (SSSR count). The van der Waals surface area contributed by atoms with Crippen molar-refractivity contribution in [3.63, 3.8) is 0 Å². The third-order valence-electron chi connectivity index (χ3n) is 3.03. The highest BCUT2D eigenvalue weighted by molar-refractivity contribution is 6.08. The summed E-state index contributed by atoms with van der Waals surface area (Å²) in [7, 11) is 0. The molecule has 1 N–H and O–H groups in total. The molecule has 0 aliphatic heterocycles. The number of hydrogen-bond donors (Lipinski definition) is 1. The van der Waals surface area contributed by atoms with Gasteiger partial charge in [0, 0.05) is 24.0 Å². The minimum absolute atomic E-state index is 0.0377. The standard InChI is InChI=1S/C14H15N5O/c1-14(2,3)12(20)9-7-15-13-11(9)18-10(8-16-13)19-6-4-5-17-19/h4-8H,1-3H3,(H,15,16). The molecule has 0 atom stereocenters. The predicted octanol–water partition coefficient (Wildman–Crippen LogP) is 2.37. The minimum atomic E-state index is -0.460. The molecular formula is C14H15N5O. The van der Waals surface area contributed by atoms with Gasteiger partial charge >= 0.3 is 0 Å². The van der Waals surface area contributed by atoms with E-state index in [1.165, 1.54) is 0 Å². The first-order chi connectivity index (χ1) is 9.47. The van der Waals surface area contributed by atoms with Crippen molar-refractivity contribution < 1.29 is 4.79 Å². The van der Waals surface area contributed by atoms with Crippen LogP contribution in [0.4, 0.5) is 0 Å². The number of aromatic amines is 1. The van der Waals surface area contributed by atoms with Gasteiger partial charge < -0.3 is 4.98 Å². The number of aromatic nitrogens is 5. The second-order valence-corrected chi connectivity index (χ2v) is 5.66. The smallest absolute Gasteiger partial charge is 0.172 e. The lowest BCUT2D eigenvalue weighted by Gasteiger charge is -2.15. The highest BCUT2D eigenvalue weighted by atomic mass is 16.1. The van der Waals surface area contributed by atoms with Crippen molar-refractivity contribution in [2.24, 2.45) is 5.41 Å². The van der Waals surface area contributed by atoms with Crippen LogP contribution >= 0.6 is 0 Å².